The third kappa shape index (κ3) is 3.15. The molecule has 1 aliphatic heterocycles. The minimum absolute atomic E-state index is 0.545. The number of allylic oxidation sites excluding steroid dienone is 2. The third-order valence-electron chi connectivity index (χ3n) is 7.03. The summed E-state index contributed by atoms with van der Waals surface area (Å²) in [5.41, 5.74) is 0. The van der Waals surface area contributed by atoms with E-state index in [1.807, 2.05) is 0 Å². The summed E-state index contributed by atoms with van der Waals surface area (Å²) in [5, 5.41) is 9.14. The van der Waals surface area contributed by atoms with Crippen molar-refractivity contribution in [2.75, 3.05) is 26.2 Å². The van der Waals surface area contributed by atoms with Crippen molar-refractivity contribution in [1.29, 1.82) is 0 Å². The van der Waals surface area contributed by atoms with Crippen LogP contribution in [0.25, 0.3) is 0 Å². The van der Waals surface area contributed by atoms with Gasteiger partial charge >= 0.3 is 0 Å². The number of nitrogens with one attached hydrogen (secondary N) is 2. The molecule has 5 rings (SSSR count). The molecule has 4 bridgehead atoms. The van der Waals surface area contributed by atoms with Crippen LogP contribution < -0.4 is 10.6 Å². The zero-order chi connectivity index (χ0) is 17.7. The summed E-state index contributed by atoms with van der Waals surface area (Å²) in [7, 11) is 0. The molecule has 0 radical (unpaired) electrons. The van der Waals surface area contributed by atoms with Crippen molar-refractivity contribution in [2.24, 2.45) is 23.7 Å². The summed E-state index contributed by atoms with van der Waals surface area (Å²) in [6.07, 6.45) is 14.6. The molecule has 5 aliphatic rings. The predicted molar refractivity (Wildman–Crippen MR) is 113 cm³/mol. The van der Waals surface area contributed by atoms with Gasteiger partial charge in [0.2, 0.25) is 0 Å². The van der Waals surface area contributed by atoms with Crippen molar-refractivity contribution in [2.45, 2.75) is 37.8 Å². The van der Waals surface area contributed by atoms with E-state index in [2.05, 4.69) is 44.7 Å². The van der Waals surface area contributed by atoms with E-state index >= 15 is 0 Å². The lowest BCUT2D eigenvalue weighted by Gasteiger charge is -2.39. The van der Waals surface area contributed by atoms with Crippen molar-refractivity contribution >= 4 is 34.7 Å². The van der Waals surface area contributed by atoms with Crippen molar-refractivity contribution in [1.82, 2.24) is 20.4 Å². The summed E-state index contributed by atoms with van der Waals surface area (Å²) in [5.74, 6) is 2.93. The maximum Gasteiger partial charge on any atom is 0.169 e. The van der Waals surface area contributed by atoms with Gasteiger partial charge < -0.3 is 20.4 Å². The zero-order valence-corrected chi connectivity index (χ0v) is 16.8. The van der Waals surface area contributed by atoms with Gasteiger partial charge in [-0.1, -0.05) is 24.3 Å². The van der Waals surface area contributed by atoms with E-state index < -0.39 is 0 Å². The van der Waals surface area contributed by atoms with Gasteiger partial charge in [-0.05, 0) is 73.8 Å². The Bertz CT molecular complexity index is 596. The number of rotatable bonds is 2. The van der Waals surface area contributed by atoms with E-state index in [0.29, 0.717) is 23.9 Å². The minimum Gasteiger partial charge on any atom is -0.359 e. The molecule has 0 spiro atoms. The number of piperazine rings is 1. The highest BCUT2D eigenvalue weighted by Gasteiger charge is 2.38. The monoisotopic (exact) mass is 388 g/mol. The second-order valence-corrected chi connectivity index (χ2v) is 9.42. The van der Waals surface area contributed by atoms with Crippen LogP contribution in [-0.4, -0.2) is 58.3 Å². The fourth-order valence-electron chi connectivity index (χ4n) is 5.51. The Morgan fingerprint density at radius 2 is 1.08 bits per heavy atom. The van der Waals surface area contributed by atoms with Crippen LogP contribution in [0.4, 0.5) is 0 Å². The SMILES string of the molecule is S=C(NC1CC2C=CC1C2)N1CCN(C(=S)NC2CC3C=CC2C3)CC1. The van der Waals surface area contributed by atoms with Crippen LogP contribution in [0.5, 0.6) is 0 Å². The second-order valence-electron chi connectivity index (χ2n) is 8.65. The number of thiocarbonyl (C=S) groups is 2. The van der Waals surface area contributed by atoms with Gasteiger partial charge in [-0.2, -0.15) is 0 Å². The van der Waals surface area contributed by atoms with Crippen molar-refractivity contribution < 1.29 is 0 Å². The largest absolute Gasteiger partial charge is 0.359 e. The third-order valence-corrected chi connectivity index (χ3v) is 7.78. The second kappa shape index (κ2) is 6.79. The Morgan fingerprint density at radius 3 is 1.38 bits per heavy atom. The summed E-state index contributed by atoms with van der Waals surface area (Å²) < 4.78 is 0. The van der Waals surface area contributed by atoms with E-state index in [1.54, 1.807) is 0 Å². The lowest BCUT2D eigenvalue weighted by molar-refractivity contribution is 0.249. The van der Waals surface area contributed by atoms with Gasteiger partial charge in [0.25, 0.3) is 0 Å². The molecule has 1 heterocycles. The Labute approximate surface area is 167 Å². The smallest absolute Gasteiger partial charge is 0.169 e. The van der Waals surface area contributed by atoms with Crippen LogP contribution in [0.2, 0.25) is 0 Å². The standard InChI is InChI=1S/C20H28N4S2/c25-19(21-17-11-13-1-3-15(17)9-13)23-5-7-24(8-6-23)20(26)22-18-12-14-2-4-16(18)10-14/h1-4,13-18H,5-12H2,(H,21,25)(H,22,26). The molecule has 4 aliphatic carbocycles. The normalized spacial score (nSPS) is 39.7. The number of hydrogen-bond donors (Lipinski definition) is 2. The van der Waals surface area contributed by atoms with Crippen LogP contribution in [0.1, 0.15) is 25.7 Å². The van der Waals surface area contributed by atoms with E-state index in [4.69, 9.17) is 24.4 Å². The van der Waals surface area contributed by atoms with Gasteiger partial charge in [0.15, 0.2) is 10.2 Å². The van der Waals surface area contributed by atoms with Crippen molar-refractivity contribution in [3.05, 3.63) is 24.3 Å². The van der Waals surface area contributed by atoms with Crippen molar-refractivity contribution in [3.8, 4) is 0 Å². The number of nitrogens with zero attached hydrogens (tertiary/aromatic N) is 2. The van der Waals surface area contributed by atoms with Gasteiger partial charge in [-0.25, -0.2) is 0 Å². The maximum atomic E-state index is 5.70. The summed E-state index contributed by atoms with van der Waals surface area (Å²) in [6, 6.07) is 1.09. The van der Waals surface area contributed by atoms with Crippen LogP contribution in [0.3, 0.4) is 0 Å². The Morgan fingerprint density at radius 1 is 0.654 bits per heavy atom. The number of hydrogen-bond acceptors (Lipinski definition) is 2. The summed E-state index contributed by atoms with van der Waals surface area (Å²) in [4.78, 5) is 4.65. The van der Waals surface area contributed by atoms with E-state index in [1.165, 1.54) is 25.7 Å². The molecule has 140 valence electrons. The van der Waals surface area contributed by atoms with E-state index in [0.717, 1.165) is 48.2 Å². The quantitative estimate of drug-likeness (QED) is 0.558. The molecule has 0 aromatic carbocycles. The molecule has 4 nitrogen and oxygen atoms in total. The average Bonchev–Trinajstić information content (AvgIpc) is 3.43. The highest BCUT2D eigenvalue weighted by molar-refractivity contribution is 7.80. The predicted octanol–water partition coefficient (Wildman–Crippen LogP) is 2.28. The Kier molecular flexibility index (Phi) is 4.44. The van der Waals surface area contributed by atoms with Gasteiger partial charge in [-0.3, -0.25) is 0 Å². The average molecular weight is 389 g/mol. The molecule has 1 saturated heterocycles. The maximum absolute atomic E-state index is 5.70. The summed E-state index contributed by atoms with van der Waals surface area (Å²) >= 11 is 11.4. The lowest BCUT2D eigenvalue weighted by Crippen LogP contribution is -2.57. The van der Waals surface area contributed by atoms with Crippen LogP contribution in [0, 0.1) is 23.7 Å². The molecule has 2 saturated carbocycles. The number of fused-ring (bicyclic) bond motifs is 4. The summed E-state index contributed by atoms with van der Waals surface area (Å²) in [6.45, 7) is 3.84. The highest BCUT2D eigenvalue weighted by atomic mass is 32.1. The van der Waals surface area contributed by atoms with Gasteiger partial charge in [0, 0.05) is 38.3 Å². The molecule has 6 heteroatoms. The molecule has 6 unspecified atom stereocenters. The first kappa shape index (κ1) is 17.0. The first-order chi connectivity index (χ1) is 12.7. The van der Waals surface area contributed by atoms with Gasteiger partial charge in [0.1, 0.15) is 0 Å². The molecule has 6 atom stereocenters. The van der Waals surface area contributed by atoms with Crippen LogP contribution in [-0.2, 0) is 0 Å². The van der Waals surface area contributed by atoms with E-state index in [-0.39, 0.29) is 0 Å². The highest BCUT2D eigenvalue weighted by Crippen LogP contribution is 2.39. The molecule has 26 heavy (non-hydrogen) atoms. The first-order valence-electron chi connectivity index (χ1n) is 10.1. The molecule has 0 aromatic rings. The van der Waals surface area contributed by atoms with E-state index in [9.17, 15) is 0 Å². The molecular formula is C20H28N4S2. The molecule has 3 fully saturated rings. The first-order valence-corrected chi connectivity index (χ1v) is 10.9. The fourth-order valence-corrected chi connectivity index (χ4v) is 6.17. The molecular weight excluding hydrogens is 360 g/mol. The molecule has 2 N–H and O–H groups in total. The molecule has 0 amide bonds. The van der Waals surface area contributed by atoms with Gasteiger partial charge in [-0.15, -0.1) is 0 Å². The Hall–Kier alpha value is -1.14. The fraction of sp³-hybridized carbons (Fsp3) is 0.700. The molecule has 0 aromatic heterocycles. The Balaban J connectivity index is 1.08. The van der Waals surface area contributed by atoms with Crippen molar-refractivity contribution in [3.63, 3.8) is 0 Å². The zero-order valence-electron chi connectivity index (χ0n) is 15.1. The topological polar surface area (TPSA) is 30.5 Å². The minimum atomic E-state index is 0.545. The van der Waals surface area contributed by atoms with Crippen LogP contribution >= 0.6 is 24.4 Å². The lowest BCUT2D eigenvalue weighted by atomic mass is 10.0. The van der Waals surface area contributed by atoms with Crippen LogP contribution in [0.15, 0.2) is 24.3 Å². The van der Waals surface area contributed by atoms with Gasteiger partial charge in [0.05, 0.1) is 0 Å².